The number of halogens is 3. The molecule has 4 nitrogen and oxygen atoms in total. The Balaban J connectivity index is 2.37. The molecule has 0 saturated heterocycles. The molecule has 1 unspecified atom stereocenters. The summed E-state index contributed by atoms with van der Waals surface area (Å²) in [7, 11) is -4.56. The maximum atomic E-state index is 13.1. The number of rotatable bonds is 4. The molecule has 8 heteroatoms. The van der Waals surface area contributed by atoms with Gasteiger partial charge < -0.3 is 0 Å². The van der Waals surface area contributed by atoms with E-state index >= 15 is 0 Å². The normalized spacial score (nSPS) is 13.8. The minimum absolute atomic E-state index is 0.337. The van der Waals surface area contributed by atoms with Gasteiger partial charge in [0.1, 0.15) is 0 Å². The summed E-state index contributed by atoms with van der Waals surface area (Å²) in [6, 6.07) is 7.72. The van der Waals surface area contributed by atoms with Gasteiger partial charge in [0.05, 0.1) is 4.90 Å². The Morgan fingerprint density at radius 1 is 1.14 bits per heavy atom. The van der Waals surface area contributed by atoms with E-state index in [9.17, 15) is 21.6 Å². The van der Waals surface area contributed by atoms with E-state index in [0.29, 0.717) is 0 Å². The first-order chi connectivity index (χ1) is 10.2. The molecule has 0 spiro atoms. The van der Waals surface area contributed by atoms with Crippen LogP contribution in [0.15, 0.2) is 53.7 Å². The van der Waals surface area contributed by atoms with Crippen molar-refractivity contribution < 1.29 is 25.8 Å². The topological polar surface area (TPSA) is 56.3 Å². The minimum Gasteiger partial charge on any atom is -0.264 e. The van der Waals surface area contributed by atoms with Gasteiger partial charge in [-0.3, -0.25) is 4.98 Å². The maximum Gasteiger partial charge on any atom is 0.420 e. The lowest BCUT2D eigenvalue weighted by atomic mass is 10.1. The molecule has 0 bridgehead atoms. The molecule has 0 fully saturated rings. The zero-order valence-electron chi connectivity index (χ0n) is 11.4. The smallest absolute Gasteiger partial charge is 0.264 e. The Hall–Kier alpha value is -1.93. The van der Waals surface area contributed by atoms with Gasteiger partial charge in [0.25, 0.3) is 10.1 Å². The molecule has 0 radical (unpaired) electrons. The van der Waals surface area contributed by atoms with Gasteiger partial charge in [-0.1, -0.05) is 23.8 Å². The van der Waals surface area contributed by atoms with Crippen LogP contribution in [0.2, 0.25) is 0 Å². The summed E-state index contributed by atoms with van der Waals surface area (Å²) in [6.07, 6.45) is -5.29. The van der Waals surface area contributed by atoms with Crippen LogP contribution in [0.4, 0.5) is 13.2 Å². The minimum atomic E-state index is -4.89. The summed E-state index contributed by atoms with van der Waals surface area (Å²) in [6.45, 7) is 1.73. The lowest BCUT2D eigenvalue weighted by Gasteiger charge is -2.20. The van der Waals surface area contributed by atoms with Gasteiger partial charge in [0.2, 0.25) is 0 Å². The Labute approximate surface area is 125 Å². The molecule has 1 aromatic heterocycles. The number of hydrogen-bond acceptors (Lipinski definition) is 4. The zero-order chi connectivity index (χ0) is 16.4. The van der Waals surface area contributed by atoms with Gasteiger partial charge in [-0.15, -0.1) is 0 Å². The molecule has 0 amide bonds. The van der Waals surface area contributed by atoms with Crippen LogP contribution in [0.5, 0.6) is 0 Å². The predicted molar refractivity (Wildman–Crippen MR) is 72.5 cm³/mol. The molecule has 2 rings (SSSR count). The van der Waals surface area contributed by atoms with Crippen molar-refractivity contribution in [3.8, 4) is 0 Å². The van der Waals surface area contributed by atoms with Crippen LogP contribution in [0.3, 0.4) is 0 Å². The van der Waals surface area contributed by atoms with E-state index < -0.39 is 22.4 Å². The molecule has 0 N–H and O–H groups in total. The zero-order valence-corrected chi connectivity index (χ0v) is 12.2. The molecule has 22 heavy (non-hydrogen) atoms. The van der Waals surface area contributed by atoms with Crippen LogP contribution in [-0.2, 0) is 14.3 Å². The summed E-state index contributed by atoms with van der Waals surface area (Å²) in [5, 5.41) is 0. The highest BCUT2D eigenvalue weighted by Crippen LogP contribution is 2.37. The van der Waals surface area contributed by atoms with Crippen molar-refractivity contribution in [1.29, 1.82) is 0 Å². The second-order valence-corrected chi connectivity index (χ2v) is 6.14. The fourth-order valence-electron chi connectivity index (χ4n) is 1.72. The van der Waals surface area contributed by atoms with E-state index in [0.717, 1.165) is 17.8 Å². The van der Waals surface area contributed by atoms with E-state index in [1.54, 1.807) is 6.92 Å². The van der Waals surface area contributed by atoms with Gasteiger partial charge in [-0.25, -0.2) is 4.18 Å². The quantitative estimate of drug-likeness (QED) is 0.806. The van der Waals surface area contributed by atoms with Gasteiger partial charge in [0, 0.05) is 18.0 Å². The Morgan fingerprint density at radius 3 is 2.27 bits per heavy atom. The van der Waals surface area contributed by atoms with Crippen LogP contribution in [0.25, 0.3) is 0 Å². The van der Waals surface area contributed by atoms with Crippen LogP contribution in [-0.4, -0.2) is 19.6 Å². The molecule has 0 aliphatic heterocycles. The largest absolute Gasteiger partial charge is 0.420 e. The van der Waals surface area contributed by atoms with E-state index in [1.807, 2.05) is 0 Å². The summed E-state index contributed by atoms with van der Waals surface area (Å²) in [4.78, 5) is 3.22. The third-order valence-electron chi connectivity index (χ3n) is 2.82. The van der Waals surface area contributed by atoms with Crippen molar-refractivity contribution in [2.24, 2.45) is 0 Å². The SMILES string of the molecule is Cc1ccc(S(=O)(=O)OC(c2cccnc2)C(F)(F)F)cc1. The van der Waals surface area contributed by atoms with E-state index in [2.05, 4.69) is 9.17 Å². The first-order valence-electron chi connectivity index (χ1n) is 6.17. The van der Waals surface area contributed by atoms with Crippen molar-refractivity contribution in [2.45, 2.75) is 24.1 Å². The maximum absolute atomic E-state index is 13.1. The molecule has 0 aliphatic rings. The number of aromatic nitrogens is 1. The molecule has 0 saturated carbocycles. The fraction of sp³-hybridized carbons (Fsp3) is 0.214. The molecular weight excluding hydrogens is 319 g/mol. The van der Waals surface area contributed by atoms with Gasteiger partial charge in [-0.2, -0.15) is 21.6 Å². The lowest BCUT2D eigenvalue weighted by molar-refractivity contribution is -0.196. The first-order valence-corrected chi connectivity index (χ1v) is 7.57. The van der Waals surface area contributed by atoms with Gasteiger partial charge in [-0.05, 0) is 25.1 Å². The van der Waals surface area contributed by atoms with E-state index in [4.69, 9.17) is 0 Å². The van der Waals surface area contributed by atoms with Crippen LogP contribution >= 0.6 is 0 Å². The Morgan fingerprint density at radius 2 is 1.77 bits per heavy atom. The monoisotopic (exact) mass is 331 g/mol. The summed E-state index contributed by atoms with van der Waals surface area (Å²) >= 11 is 0. The number of pyridine rings is 1. The summed E-state index contributed by atoms with van der Waals surface area (Å²) in [5.74, 6) is 0. The molecule has 0 aliphatic carbocycles. The number of benzene rings is 1. The number of aryl methyl sites for hydroxylation is 1. The Bertz CT molecular complexity index is 728. The van der Waals surface area contributed by atoms with Crippen molar-refractivity contribution in [3.05, 3.63) is 59.9 Å². The number of alkyl halides is 3. The number of hydrogen-bond donors (Lipinski definition) is 0. The first kappa shape index (κ1) is 16.4. The number of nitrogens with zero attached hydrogens (tertiary/aromatic N) is 1. The van der Waals surface area contributed by atoms with Gasteiger partial charge in [0.15, 0.2) is 6.10 Å². The molecule has 118 valence electrons. The molecule has 2 aromatic rings. The van der Waals surface area contributed by atoms with Crippen LogP contribution in [0, 0.1) is 6.92 Å². The molecule has 1 heterocycles. The van der Waals surface area contributed by atoms with E-state index in [1.165, 1.54) is 36.5 Å². The molecule has 1 atom stereocenters. The highest BCUT2D eigenvalue weighted by Gasteiger charge is 2.45. The summed E-state index contributed by atoms with van der Waals surface area (Å²) in [5.41, 5.74) is 0.393. The fourth-order valence-corrected chi connectivity index (χ4v) is 2.77. The van der Waals surface area contributed by atoms with Crippen molar-refractivity contribution in [1.82, 2.24) is 4.98 Å². The second-order valence-electron chi connectivity index (χ2n) is 4.57. The van der Waals surface area contributed by atoms with E-state index in [-0.39, 0.29) is 10.5 Å². The average molecular weight is 331 g/mol. The highest BCUT2D eigenvalue weighted by atomic mass is 32.2. The lowest BCUT2D eigenvalue weighted by Crippen LogP contribution is -2.26. The van der Waals surface area contributed by atoms with Crippen molar-refractivity contribution in [2.75, 3.05) is 0 Å². The molecular formula is C14H12F3NO3S. The predicted octanol–water partition coefficient (Wildman–Crippen LogP) is 3.40. The van der Waals surface area contributed by atoms with Crippen molar-refractivity contribution in [3.63, 3.8) is 0 Å². The second kappa shape index (κ2) is 6.05. The third-order valence-corrected chi connectivity index (χ3v) is 4.11. The Kier molecular flexibility index (Phi) is 4.52. The highest BCUT2D eigenvalue weighted by molar-refractivity contribution is 7.86. The average Bonchev–Trinajstić information content (AvgIpc) is 2.45. The molecule has 1 aromatic carbocycles. The third kappa shape index (κ3) is 3.83. The van der Waals surface area contributed by atoms with Crippen LogP contribution < -0.4 is 0 Å². The van der Waals surface area contributed by atoms with Crippen LogP contribution in [0.1, 0.15) is 17.2 Å². The summed E-state index contributed by atoms with van der Waals surface area (Å²) < 4.78 is 67.8. The van der Waals surface area contributed by atoms with Crippen molar-refractivity contribution >= 4 is 10.1 Å². The van der Waals surface area contributed by atoms with Gasteiger partial charge >= 0.3 is 6.18 Å². The standard InChI is InChI=1S/C14H12F3NO3S/c1-10-4-6-12(7-5-10)22(19,20)21-13(14(15,16)17)11-3-2-8-18-9-11/h2-9,13H,1H3.